The Labute approximate surface area is 138 Å². The van der Waals surface area contributed by atoms with Crippen LogP contribution in [0, 0.1) is 0 Å². The second kappa shape index (κ2) is 8.69. The summed E-state index contributed by atoms with van der Waals surface area (Å²) in [4.78, 5) is 20.5. The van der Waals surface area contributed by atoms with Crippen LogP contribution >= 0.6 is 0 Å². The Bertz CT molecular complexity index is 503. The number of carbonyl (C=O) groups is 1. The number of hydrogen-bond donors (Lipinski definition) is 2. The maximum Gasteiger partial charge on any atom is 0.315 e. The van der Waals surface area contributed by atoms with Gasteiger partial charge in [-0.2, -0.15) is 0 Å². The summed E-state index contributed by atoms with van der Waals surface area (Å²) in [5.74, 6) is 0.880. The molecule has 0 spiro atoms. The van der Waals surface area contributed by atoms with Gasteiger partial charge in [-0.3, -0.25) is 4.90 Å². The van der Waals surface area contributed by atoms with E-state index in [1.165, 1.54) is 0 Å². The molecule has 0 radical (unpaired) electrons. The van der Waals surface area contributed by atoms with Gasteiger partial charge in [0.1, 0.15) is 5.82 Å². The number of hydrogen-bond acceptors (Lipinski definition) is 5. The number of morpholine rings is 1. The molecule has 1 fully saturated rings. The van der Waals surface area contributed by atoms with Crippen molar-refractivity contribution in [3.8, 4) is 0 Å². The molecule has 0 bridgehead atoms. The minimum absolute atomic E-state index is 0.0999. The number of pyridine rings is 1. The molecule has 1 aliphatic heterocycles. The molecule has 7 nitrogen and oxygen atoms in total. The first-order valence-corrected chi connectivity index (χ1v) is 8.01. The Balaban J connectivity index is 1.72. The van der Waals surface area contributed by atoms with Crippen LogP contribution in [0.1, 0.15) is 12.5 Å². The van der Waals surface area contributed by atoms with Gasteiger partial charge in [-0.05, 0) is 24.6 Å². The van der Waals surface area contributed by atoms with Crippen molar-refractivity contribution in [1.82, 2.24) is 20.5 Å². The number of amides is 2. The molecule has 23 heavy (non-hydrogen) atoms. The predicted octanol–water partition coefficient (Wildman–Crippen LogP) is 0.668. The second-order valence-electron chi connectivity index (χ2n) is 6.06. The zero-order valence-electron chi connectivity index (χ0n) is 14.2. The van der Waals surface area contributed by atoms with Gasteiger partial charge in [0.25, 0.3) is 0 Å². The highest BCUT2D eigenvalue weighted by Gasteiger charge is 2.15. The molecule has 2 rings (SSSR count). The summed E-state index contributed by atoms with van der Waals surface area (Å²) in [5.41, 5.74) is 1.03. The Hall–Kier alpha value is -1.86. The third kappa shape index (κ3) is 6.03. The van der Waals surface area contributed by atoms with Crippen LogP contribution < -0.4 is 15.5 Å². The molecule has 2 heterocycles. The van der Waals surface area contributed by atoms with Gasteiger partial charge >= 0.3 is 6.03 Å². The summed E-state index contributed by atoms with van der Waals surface area (Å²) in [7, 11) is 3.89. The monoisotopic (exact) mass is 321 g/mol. The van der Waals surface area contributed by atoms with Crippen molar-refractivity contribution in [2.45, 2.75) is 19.5 Å². The SMILES string of the molecule is C[C@@H](CN1CCOCC1)NC(=O)NCc1ccnc(N(C)C)c1. The molecule has 7 heteroatoms. The van der Waals surface area contributed by atoms with Crippen LogP contribution in [0.4, 0.5) is 10.6 Å². The zero-order valence-corrected chi connectivity index (χ0v) is 14.2. The summed E-state index contributed by atoms with van der Waals surface area (Å²) in [5, 5.41) is 5.87. The summed E-state index contributed by atoms with van der Waals surface area (Å²) in [6.45, 7) is 6.75. The van der Waals surface area contributed by atoms with E-state index >= 15 is 0 Å². The lowest BCUT2D eigenvalue weighted by molar-refractivity contribution is 0.0349. The lowest BCUT2D eigenvalue weighted by Crippen LogP contribution is -2.48. The van der Waals surface area contributed by atoms with Gasteiger partial charge in [-0.1, -0.05) is 0 Å². The number of rotatable bonds is 6. The van der Waals surface area contributed by atoms with E-state index in [1.807, 2.05) is 38.1 Å². The van der Waals surface area contributed by atoms with Gasteiger partial charge in [-0.25, -0.2) is 9.78 Å². The highest BCUT2D eigenvalue weighted by molar-refractivity contribution is 5.74. The molecule has 2 N–H and O–H groups in total. The minimum atomic E-state index is -0.144. The molecular formula is C16H27N5O2. The molecule has 1 aliphatic rings. The average Bonchev–Trinajstić information content (AvgIpc) is 2.54. The first-order valence-electron chi connectivity index (χ1n) is 8.01. The van der Waals surface area contributed by atoms with E-state index in [0.717, 1.165) is 44.2 Å². The van der Waals surface area contributed by atoms with Crippen LogP contribution in [0.3, 0.4) is 0 Å². The molecule has 0 aliphatic carbocycles. The summed E-state index contributed by atoms with van der Waals surface area (Å²) >= 11 is 0. The van der Waals surface area contributed by atoms with Crippen molar-refractivity contribution in [3.63, 3.8) is 0 Å². The van der Waals surface area contributed by atoms with Crippen LogP contribution in [-0.2, 0) is 11.3 Å². The minimum Gasteiger partial charge on any atom is -0.379 e. The summed E-state index contributed by atoms with van der Waals surface area (Å²) < 4.78 is 5.33. The standard InChI is InChI=1S/C16H27N5O2/c1-13(12-21-6-8-23-9-7-21)19-16(22)18-11-14-4-5-17-15(10-14)20(2)3/h4-5,10,13H,6-9,11-12H2,1-3H3,(H2,18,19,22)/t13-/m0/s1. The Morgan fingerprint density at radius 3 is 2.87 bits per heavy atom. The molecule has 2 amide bonds. The fourth-order valence-electron chi connectivity index (χ4n) is 2.49. The Morgan fingerprint density at radius 1 is 1.43 bits per heavy atom. The summed E-state index contributed by atoms with van der Waals surface area (Å²) in [6.07, 6.45) is 1.76. The highest BCUT2D eigenvalue weighted by atomic mass is 16.5. The van der Waals surface area contributed by atoms with Gasteiger partial charge < -0.3 is 20.3 Å². The van der Waals surface area contributed by atoms with Crippen molar-refractivity contribution < 1.29 is 9.53 Å². The van der Waals surface area contributed by atoms with Crippen molar-refractivity contribution in [2.75, 3.05) is 51.8 Å². The molecule has 0 saturated carbocycles. The topological polar surface area (TPSA) is 69.7 Å². The smallest absolute Gasteiger partial charge is 0.315 e. The number of aromatic nitrogens is 1. The Morgan fingerprint density at radius 2 is 2.17 bits per heavy atom. The van der Waals surface area contributed by atoms with Gasteiger partial charge in [0, 0.05) is 52.5 Å². The van der Waals surface area contributed by atoms with E-state index in [2.05, 4.69) is 20.5 Å². The van der Waals surface area contributed by atoms with Gasteiger partial charge in [0.05, 0.1) is 13.2 Å². The largest absolute Gasteiger partial charge is 0.379 e. The third-order valence-electron chi connectivity index (χ3n) is 3.73. The van der Waals surface area contributed by atoms with Crippen LogP contribution in [0.15, 0.2) is 18.3 Å². The fourth-order valence-corrected chi connectivity index (χ4v) is 2.49. The molecule has 1 saturated heterocycles. The van der Waals surface area contributed by atoms with E-state index in [1.54, 1.807) is 6.20 Å². The molecule has 0 unspecified atom stereocenters. The quantitative estimate of drug-likeness (QED) is 0.806. The van der Waals surface area contributed by atoms with E-state index in [0.29, 0.717) is 6.54 Å². The third-order valence-corrected chi connectivity index (χ3v) is 3.73. The van der Waals surface area contributed by atoms with Crippen LogP contribution in [0.25, 0.3) is 0 Å². The molecule has 1 aromatic rings. The second-order valence-corrected chi connectivity index (χ2v) is 6.06. The fraction of sp³-hybridized carbons (Fsp3) is 0.625. The Kier molecular flexibility index (Phi) is 6.61. The molecular weight excluding hydrogens is 294 g/mol. The predicted molar refractivity (Wildman–Crippen MR) is 90.7 cm³/mol. The van der Waals surface area contributed by atoms with Gasteiger partial charge in [0.2, 0.25) is 0 Å². The zero-order chi connectivity index (χ0) is 16.7. The van der Waals surface area contributed by atoms with Crippen molar-refractivity contribution in [2.24, 2.45) is 0 Å². The van der Waals surface area contributed by atoms with Crippen molar-refractivity contribution >= 4 is 11.8 Å². The summed E-state index contributed by atoms with van der Waals surface area (Å²) in [6, 6.07) is 3.83. The van der Waals surface area contributed by atoms with E-state index in [9.17, 15) is 4.79 Å². The number of anilines is 1. The van der Waals surface area contributed by atoms with E-state index < -0.39 is 0 Å². The molecule has 1 atom stereocenters. The van der Waals surface area contributed by atoms with Crippen LogP contribution in [0.2, 0.25) is 0 Å². The number of ether oxygens (including phenoxy) is 1. The molecule has 0 aromatic carbocycles. The number of nitrogens with one attached hydrogen (secondary N) is 2. The lowest BCUT2D eigenvalue weighted by Gasteiger charge is -2.29. The van der Waals surface area contributed by atoms with Crippen molar-refractivity contribution in [3.05, 3.63) is 23.9 Å². The average molecular weight is 321 g/mol. The maximum atomic E-state index is 12.0. The number of urea groups is 1. The highest BCUT2D eigenvalue weighted by Crippen LogP contribution is 2.09. The normalized spacial score (nSPS) is 16.7. The van der Waals surface area contributed by atoms with Gasteiger partial charge in [0.15, 0.2) is 0 Å². The number of carbonyl (C=O) groups excluding carboxylic acids is 1. The van der Waals surface area contributed by atoms with Crippen LogP contribution in [0.5, 0.6) is 0 Å². The number of nitrogens with zero attached hydrogens (tertiary/aromatic N) is 3. The first-order chi connectivity index (χ1) is 11.0. The van der Waals surface area contributed by atoms with Crippen molar-refractivity contribution in [1.29, 1.82) is 0 Å². The van der Waals surface area contributed by atoms with Crippen LogP contribution in [-0.4, -0.2) is 68.9 Å². The van der Waals surface area contributed by atoms with Gasteiger partial charge in [-0.15, -0.1) is 0 Å². The maximum absolute atomic E-state index is 12.0. The van der Waals surface area contributed by atoms with E-state index in [4.69, 9.17) is 4.74 Å². The van der Waals surface area contributed by atoms with E-state index in [-0.39, 0.29) is 12.1 Å². The molecule has 1 aromatic heterocycles. The lowest BCUT2D eigenvalue weighted by atomic mass is 10.2. The first kappa shape index (κ1) is 17.5. The molecule has 128 valence electrons.